The number of pyridine rings is 1. The molecule has 1 N–H and O–H groups in total. The van der Waals surface area contributed by atoms with Crippen molar-refractivity contribution in [3.63, 3.8) is 0 Å². The number of benzene rings is 1. The lowest BCUT2D eigenvalue weighted by Gasteiger charge is -2.18. The Hall–Kier alpha value is -1.45. The van der Waals surface area contributed by atoms with Crippen molar-refractivity contribution < 1.29 is 4.39 Å². The first-order valence-corrected chi connectivity index (χ1v) is 7.64. The molecule has 0 spiro atoms. The van der Waals surface area contributed by atoms with E-state index in [1.54, 1.807) is 6.07 Å². The number of hydrogen-bond acceptors (Lipinski definition) is 2. The van der Waals surface area contributed by atoms with Gasteiger partial charge in [0, 0.05) is 17.9 Å². The quantitative estimate of drug-likeness (QED) is 0.835. The zero-order valence-corrected chi connectivity index (χ0v) is 12.9. The van der Waals surface area contributed by atoms with Crippen molar-refractivity contribution in [1.82, 2.24) is 10.3 Å². The molecule has 0 amide bonds. The predicted molar refractivity (Wildman–Crippen MR) is 85.1 cm³/mol. The molecule has 1 heterocycles. The molecule has 0 saturated carbocycles. The maximum absolute atomic E-state index is 13.5. The first-order chi connectivity index (χ1) is 10.2. The van der Waals surface area contributed by atoms with Crippen LogP contribution in [0.5, 0.6) is 0 Å². The van der Waals surface area contributed by atoms with E-state index in [9.17, 15) is 4.39 Å². The molecule has 112 valence electrons. The van der Waals surface area contributed by atoms with Crippen molar-refractivity contribution >= 4 is 11.6 Å². The Bertz CT molecular complexity index is 560. The summed E-state index contributed by atoms with van der Waals surface area (Å²) in [5.41, 5.74) is 2.05. The summed E-state index contributed by atoms with van der Waals surface area (Å²) in [5.74, 6) is -0.353. The minimum atomic E-state index is -0.353. The molecule has 1 aromatic carbocycles. The second-order valence-electron chi connectivity index (χ2n) is 5.07. The Balaban J connectivity index is 1.96. The van der Waals surface area contributed by atoms with Crippen molar-refractivity contribution in [3.8, 4) is 0 Å². The van der Waals surface area contributed by atoms with E-state index in [0.29, 0.717) is 6.04 Å². The summed E-state index contributed by atoms with van der Waals surface area (Å²) in [6.07, 6.45) is 4.48. The average Bonchev–Trinajstić information content (AvgIpc) is 2.50. The molecule has 2 aromatic rings. The SMILES string of the molecule is CCNC(CCc1ccccn1)Cc1ccc(Cl)c(F)c1. The highest BCUT2D eigenvalue weighted by molar-refractivity contribution is 6.30. The summed E-state index contributed by atoms with van der Waals surface area (Å²) in [5, 5.41) is 3.63. The summed E-state index contributed by atoms with van der Waals surface area (Å²) >= 11 is 5.72. The molecule has 1 aromatic heterocycles. The van der Waals surface area contributed by atoms with Gasteiger partial charge in [0.25, 0.3) is 0 Å². The van der Waals surface area contributed by atoms with Crippen molar-refractivity contribution in [3.05, 3.63) is 64.7 Å². The Kier molecular flexibility index (Phi) is 6.15. The van der Waals surface area contributed by atoms with Gasteiger partial charge in [0.05, 0.1) is 5.02 Å². The number of halogens is 2. The first-order valence-electron chi connectivity index (χ1n) is 7.26. The van der Waals surface area contributed by atoms with E-state index in [2.05, 4.69) is 17.2 Å². The number of aryl methyl sites for hydroxylation is 1. The van der Waals surface area contributed by atoms with Gasteiger partial charge in [-0.3, -0.25) is 4.98 Å². The van der Waals surface area contributed by atoms with Crippen LogP contribution in [0.2, 0.25) is 5.02 Å². The summed E-state index contributed by atoms with van der Waals surface area (Å²) in [7, 11) is 0. The first kappa shape index (κ1) is 15.9. The van der Waals surface area contributed by atoms with Gasteiger partial charge in [-0.2, -0.15) is 0 Å². The van der Waals surface area contributed by atoms with Gasteiger partial charge >= 0.3 is 0 Å². The summed E-state index contributed by atoms with van der Waals surface area (Å²) in [6.45, 7) is 2.97. The lowest BCUT2D eigenvalue weighted by molar-refractivity contribution is 0.487. The Morgan fingerprint density at radius 1 is 1.29 bits per heavy atom. The third kappa shape index (κ3) is 5.10. The monoisotopic (exact) mass is 306 g/mol. The van der Waals surface area contributed by atoms with Gasteiger partial charge in [0.15, 0.2) is 0 Å². The molecule has 0 aliphatic rings. The van der Waals surface area contributed by atoms with Gasteiger partial charge in [-0.05, 0) is 55.6 Å². The summed E-state index contributed by atoms with van der Waals surface area (Å²) in [6, 6.07) is 11.3. The summed E-state index contributed by atoms with van der Waals surface area (Å²) in [4.78, 5) is 4.34. The minimum absolute atomic E-state index is 0.173. The summed E-state index contributed by atoms with van der Waals surface area (Å²) < 4.78 is 13.5. The van der Waals surface area contributed by atoms with Gasteiger partial charge < -0.3 is 5.32 Å². The van der Waals surface area contributed by atoms with E-state index in [-0.39, 0.29) is 10.8 Å². The maximum atomic E-state index is 13.5. The molecular weight excluding hydrogens is 287 g/mol. The predicted octanol–water partition coefficient (Wildman–Crippen LogP) is 4.03. The van der Waals surface area contributed by atoms with Crippen LogP contribution in [-0.2, 0) is 12.8 Å². The third-order valence-electron chi connectivity index (χ3n) is 3.43. The molecule has 1 atom stereocenters. The standard InChI is InChI=1S/C17H20ClFN2/c1-2-20-15(8-7-14-5-3-4-10-21-14)11-13-6-9-16(18)17(19)12-13/h3-6,9-10,12,15,20H,2,7-8,11H2,1H3. The van der Waals surface area contributed by atoms with E-state index >= 15 is 0 Å². The fourth-order valence-corrected chi connectivity index (χ4v) is 2.50. The third-order valence-corrected chi connectivity index (χ3v) is 3.74. The number of hydrogen-bond donors (Lipinski definition) is 1. The zero-order chi connectivity index (χ0) is 15.1. The van der Waals surface area contributed by atoms with Crippen LogP contribution >= 0.6 is 11.6 Å². The van der Waals surface area contributed by atoms with Gasteiger partial charge in [-0.1, -0.05) is 30.7 Å². The number of nitrogens with one attached hydrogen (secondary N) is 1. The topological polar surface area (TPSA) is 24.9 Å². The lowest BCUT2D eigenvalue weighted by Crippen LogP contribution is -2.31. The van der Waals surface area contributed by atoms with Crippen LogP contribution < -0.4 is 5.32 Å². The van der Waals surface area contributed by atoms with Crippen LogP contribution in [-0.4, -0.2) is 17.6 Å². The normalized spacial score (nSPS) is 12.3. The molecule has 2 rings (SSSR count). The lowest BCUT2D eigenvalue weighted by atomic mass is 10.0. The molecule has 4 heteroatoms. The fraction of sp³-hybridized carbons (Fsp3) is 0.353. The number of rotatable bonds is 7. The highest BCUT2D eigenvalue weighted by Gasteiger charge is 2.10. The zero-order valence-electron chi connectivity index (χ0n) is 12.2. The van der Waals surface area contributed by atoms with E-state index in [4.69, 9.17) is 11.6 Å². The van der Waals surface area contributed by atoms with Crippen LogP contribution in [0.25, 0.3) is 0 Å². The van der Waals surface area contributed by atoms with Crippen molar-refractivity contribution in [2.45, 2.75) is 32.2 Å². The minimum Gasteiger partial charge on any atom is -0.314 e. The van der Waals surface area contributed by atoms with Gasteiger partial charge in [0.1, 0.15) is 5.82 Å². The number of aromatic nitrogens is 1. The molecule has 0 aliphatic carbocycles. The molecule has 2 nitrogen and oxygen atoms in total. The fourth-order valence-electron chi connectivity index (χ4n) is 2.38. The molecule has 0 aliphatic heterocycles. The van der Waals surface area contributed by atoms with Crippen molar-refractivity contribution in [2.75, 3.05) is 6.54 Å². The largest absolute Gasteiger partial charge is 0.314 e. The molecule has 0 fully saturated rings. The van der Waals surface area contributed by atoms with E-state index in [1.807, 2.05) is 30.5 Å². The second kappa shape index (κ2) is 8.11. The van der Waals surface area contributed by atoms with Crippen LogP contribution in [0.1, 0.15) is 24.6 Å². The molecule has 21 heavy (non-hydrogen) atoms. The van der Waals surface area contributed by atoms with Crippen LogP contribution in [0.3, 0.4) is 0 Å². The van der Waals surface area contributed by atoms with Gasteiger partial charge in [-0.25, -0.2) is 4.39 Å². The molecule has 0 radical (unpaired) electrons. The van der Waals surface area contributed by atoms with Crippen molar-refractivity contribution in [2.24, 2.45) is 0 Å². The smallest absolute Gasteiger partial charge is 0.142 e. The van der Waals surface area contributed by atoms with E-state index in [1.165, 1.54) is 6.07 Å². The van der Waals surface area contributed by atoms with Gasteiger partial charge in [0.2, 0.25) is 0 Å². The highest BCUT2D eigenvalue weighted by Crippen LogP contribution is 2.17. The van der Waals surface area contributed by atoms with Crippen molar-refractivity contribution in [1.29, 1.82) is 0 Å². The molecular formula is C17H20ClFN2. The Morgan fingerprint density at radius 3 is 2.81 bits per heavy atom. The van der Waals surface area contributed by atoms with Crippen LogP contribution in [0, 0.1) is 5.82 Å². The molecule has 1 unspecified atom stereocenters. The van der Waals surface area contributed by atoms with Crippen LogP contribution in [0.4, 0.5) is 4.39 Å². The number of nitrogens with zero attached hydrogens (tertiary/aromatic N) is 1. The van der Waals surface area contributed by atoms with Crippen LogP contribution in [0.15, 0.2) is 42.6 Å². The Morgan fingerprint density at radius 2 is 2.14 bits per heavy atom. The molecule has 0 saturated heterocycles. The highest BCUT2D eigenvalue weighted by atomic mass is 35.5. The average molecular weight is 307 g/mol. The Labute approximate surface area is 130 Å². The van der Waals surface area contributed by atoms with Gasteiger partial charge in [-0.15, -0.1) is 0 Å². The van der Waals surface area contributed by atoms with E-state index in [0.717, 1.165) is 37.1 Å². The molecule has 0 bridgehead atoms. The second-order valence-corrected chi connectivity index (χ2v) is 5.47. The number of likely N-dealkylation sites (N-methyl/N-ethyl adjacent to an activating group) is 1. The maximum Gasteiger partial charge on any atom is 0.142 e. The van der Waals surface area contributed by atoms with E-state index < -0.39 is 0 Å².